The number of amides is 1. The summed E-state index contributed by atoms with van der Waals surface area (Å²) >= 11 is 3.48. The standard InChI is InChI=1S/C19H21BrN2O2/c20-16-8-4-5-9-17(16)24-18(14-6-2-1-3-7-14)19(23)22-12-10-15(21)11-13-22/h1-9,15,18H,10-13,21H2. The molecule has 0 saturated carbocycles. The van der Waals surface area contributed by atoms with Crippen molar-refractivity contribution in [2.45, 2.75) is 25.0 Å². The highest BCUT2D eigenvalue weighted by Crippen LogP contribution is 2.30. The number of nitrogens with two attached hydrogens (primary N) is 1. The summed E-state index contributed by atoms with van der Waals surface area (Å²) in [6.45, 7) is 1.37. The molecule has 0 spiro atoms. The van der Waals surface area contributed by atoms with Crippen LogP contribution in [0, 0.1) is 0 Å². The van der Waals surface area contributed by atoms with Crippen LogP contribution in [0.3, 0.4) is 0 Å². The zero-order valence-corrected chi connectivity index (χ0v) is 15.0. The van der Waals surface area contributed by atoms with E-state index >= 15 is 0 Å². The van der Waals surface area contributed by atoms with Gasteiger partial charge in [0.1, 0.15) is 5.75 Å². The summed E-state index contributed by atoms with van der Waals surface area (Å²) in [5.74, 6) is 0.650. The second-order valence-corrected chi connectivity index (χ2v) is 6.86. The Hall–Kier alpha value is -1.85. The monoisotopic (exact) mass is 388 g/mol. The zero-order valence-electron chi connectivity index (χ0n) is 13.4. The van der Waals surface area contributed by atoms with Crippen LogP contribution in [0.1, 0.15) is 24.5 Å². The Morgan fingerprint density at radius 1 is 1.08 bits per heavy atom. The third-order valence-corrected chi connectivity index (χ3v) is 4.91. The van der Waals surface area contributed by atoms with Gasteiger partial charge in [-0.15, -0.1) is 0 Å². The van der Waals surface area contributed by atoms with Crippen LogP contribution in [-0.2, 0) is 4.79 Å². The molecule has 0 bridgehead atoms. The number of para-hydroxylation sites is 1. The summed E-state index contributed by atoms with van der Waals surface area (Å²) in [4.78, 5) is 14.9. The smallest absolute Gasteiger partial charge is 0.268 e. The molecule has 3 rings (SSSR count). The molecule has 1 aliphatic heterocycles. The summed E-state index contributed by atoms with van der Waals surface area (Å²) in [5, 5.41) is 0. The third kappa shape index (κ3) is 3.97. The average Bonchev–Trinajstić information content (AvgIpc) is 2.62. The van der Waals surface area contributed by atoms with E-state index in [2.05, 4.69) is 15.9 Å². The largest absolute Gasteiger partial charge is 0.475 e. The Morgan fingerprint density at radius 2 is 1.71 bits per heavy atom. The van der Waals surface area contributed by atoms with E-state index in [9.17, 15) is 4.79 Å². The molecular weight excluding hydrogens is 368 g/mol. The molecule has 24 heavy (non-hydrogen) atoms. The second kappa shape index (κ2) is 7.81. The van der Waals surface area contributed by atoms with Crippen LogP contribution in [0.2, 0.25) is 0 Å². The van der Waals surface area contributed by atoms with Crippen LogP contribution < -0.4 is 10.5 Å². The molecule has 0 aliphatic carbocycles. The zero-order chi connectivity index (χ0) is 16.9. The highest BCUT2D eigenvalue weighted by atomic mass is 79.9. The van der Waals surface area contributed by atoms with Gasteiger partial charge in [-0.25, -0.2) is 0 Å². The molecule has 4 nitrogen and oxygen atoms in total. The molecule has 1 fully saturated rings. The molecule has 2 N–H and O–H groups in total. The van der Waals surface area contributed by atoms with E-state index in [1.165, 1.54) is 0 Å². The van der Waals surface area contributed by atoms with E-state index in [1.807, 2.05) is 59.5 Å². The van der Waals surface area contributed by atoms with Gasteiger partial charge in [0, 0.05) is 24.7 Å². The predicted octanol–water partition coefficient (Wildman–Crippen LogP) is 3.52. The van der Waals surface area contributed by atoms with Gasteiger partial charge in [0.2, 0.25) is 6.10 Å². The number of likely N-dealkylation sites (tertiary alicyclic amines) is 1. The minimum atomic E-state index is -0.653. The summed E-state index contributed by atoms with van der Waals surface area (Å²) in [7, 11) is 0. The highest BCUT2D eigenvalue weighted by molar-refractivity contribution is 9.10. The maximum absolute atomic E-state index is 13.1. The molecule has 0 radical (unpaired) electrons. The quantitative estimate of drug-likeness (QED) is 0.871. The minimum absolute atomic E-state index is 0.0103. The number of benzene rings is 2. The van der Waals surface area contributed by atoms with E-state index in [1.54, 1.807) is 0 Å². The van der Waals surface area contributed by atoms with Crippen molar-refractivity contribution in [2.24, 2.45) is 5.73 Å². The van der Waals surface area contributed by atoms with Crippen LogP contribution in [0.15, 0.2) is 59.1 Å². The maximum atomic E-state index is 13.1. The molecule has 1 atom stereocenters. The van der Waals surface area contributed by atoms with E-state index in [0.29, 0.717) is 18.8 Å². The number of piperidine rings is 1. The van der Waals surface area contributed by atoms with Gasteiger partial charge in [-0.1, -0.05) is 42.5 Å². The fourth-order valence-corrected chi connectivity index (χ4v) is 3.22. The number of hydrogen-bond donors (Lipinski definition) is 1. The first-order valence-corrected chi connectivity index (χ1v) is 8.95. The summed E-state index contributed by atoms with van der Waals surface area (Å²) < 4.78 is 6.94. The van der Waals surface area contributed by atoms with Gasteiger partial charge in [-0.3, -0.25) is 4.79 Å². The van der Waals surface area contributed by atoms with Gasteiger partial charge >= 0.3 is 0 Å². The number of carbonyl (C=O) groups excluding carboxylic acids is 1. The lowest BCUT2D eigenvalue weighted by molar-refractivity contribution is -0.140. The van der Waals surface area contributed by atoms with Crippen molar-refractivity contribution in [1.82, 2.24) is 4.90 Å². The first-order valence-electron chi connectivity index (χ1n) is 8.15. The maximum Gasteiger partial charge on any atom is 0.268 e. The van der Waals surface area contributed by atoms with E-state index in [0.717, 1.165) is 22.9 Å². The van der Waals surface area contributed by atoms with Crippen molar-refractivity contribution in [1.29, 1.82) is 0 Å². The molecule has 1 saturated heterocycles. The number of hydrogen-bond acceptors (Lipinski definition) is 3. The van der Waals surface area contributed by atoms with Crippen molar-refractivity contribution >= 4 is 21.8 Å². The Balaban J connectivity index is 1.85. The van der Waals surface area contributed by atoms with E-state index in [4.69, 9.17) is 10.5 Å². The van der Waals surface area contributed by atoms with Crippen LogP contribution in [0.5, 0.6) is 5.75 Å². The van der Waals surface area contributed by atoms with Gasteiger partial charge < -0.3 is 15.4 Å². The topological polar surface area (TPSA) is 55.6 Å². The highest BCUT2D eigenvalue weighted by Gasteiger charge is 2.30. The Kier molecular flexibility index (Phi) is 5.53. The lowest BCUT2D eigenvalue weighted by Gasteiger charge is -2.33. The van der Waals surface area contributed by atoms with Gasteiger partial charge in [0.15, 0.2) is 0 Å². The van der Waals surface area contributed by atoms with Crippen molar-refractivity contribution < 1.29 is 9.53 Å². The van der Waals surface area contributed by atoms with Crippen molar-refractivity contribution in [3.63, 3.8) is 0 Å². The van der Waals surface area contributed by atoms with Gasteiger partial charge in [0.05, 0.1) is 4.47 Å². The van der Waals surface area contributed by atoms with Crippen LogP contribution in [0.25, 0.3) is 0 Å². The molecule has 2 aromatic rings. The van der Waals surface area contributed by atoms with Crippen LogP contribution >= 0.6 is 15.9 Å². The van der Waals surface area contributed by atoms with Crippen LogP contribution in [0.4, 0.5) is 0 Å². The number of ether oxygens (including phenoxy) is 1. The number of carbonyl (C=O) groups is 1. The van der Waals surface area contributed by atoms with Gasteiger partial charge in [-0.05, 0) is 40.9 Å². The number of halogens is 1. The Labute approximate surface area is 150 Å². The molecule has 1 aliphatic rings. The van der Waals surface area contributed by atoms with Crippen LogP contribution in [-0.4, -0.2) is 29.9 Å². The first kappa shape index (κ1) is 17.0. The number of rotatable bonds is 4. The molecule has 1 unspecified atom stereocenters. The molecule has 2 aromatic carbocycles. The lowest BCUT2D eigenvalue weighted by atomic mass is 10.0. The fourth-order valence-electron chi connectivity index (χ4n) is 2.84. The summed E-state index contributed by atoms with van der Waals surface area (Å²) in [5.41, 5.74) is 6.81. The predicted molar refractivity (Wildman–Crippen MR) is 97.7 cm³/mol. The lowest BCUT2D eigenvalue weighted by Crippen LogP contribution is -2.45. The number of nitrogens with zero attached hydrogens (tertiary/aromatic N) is 1. The molecule has 1 heterocycles. The molecular formula is C19H21BrN2O2. The normalized spacial score (nSPS) is 16.7. The molecule has 5 heteroatoms. The minimum Gasteiger partial charge on any atom is -0.475 e. The third-order valence-electron chi connectivity index (χ3n) is 4.26. The SMILES string of the molecule is NC1CCN(C(=O)C(Oc2ccccc2Br)c2ccccc2)CC1. The Bertz CT molecular complexity index is 685. The fraction of sp³-hybridized carbons (Fsp3) is 0.316. The average molecular weight is 389 g/mol. The molecule has 126 valence electrons. The van der Waals surface area contributed by atoms with Crippen molar-refractivity contribution in [2.75, 3.05) is 13.1 Å². The summed E-state index contributed by atoms with van der Waals surface area (Å²) in [6.07, 6.45) is 1.02. The van der Waals surface area contributed by atoms with E-state index < -0.39 is 6.10 Å². The molecule has 0 aromatic heterocycles. The Morgan fingerprint density at radius 3 is 2.38 bits per heavy atom. The second-order valence-electron chi connectivity index (χ2n) is 6.00. The van der Waals surface area contributed by atoms with Gasteiger partial charge in [-0.2, -0.15) is 0 Å². The first-order chi connectivity index (χ1) is 11.6. The van der Waals surface area contributed by atoms with Gasteiger partial charge in [0.25, 0.3) is 5.91 Å². The van der Waals surface area contributed by atoms with Crippen molar-refractivity contribution in [3.05, 3.63) is 64.6 Å². The summed E-state index contributed by atoms with van der Waals surface area (Å²) in [6, 6.07) is 17.4. The van der Waals surface area contributed by atoms with Crippen molar-refractivity contribution in [3.8, 4) is 5.75 Å². The van der Waals surface area contributed by atoms with E-state index in [-0.39, 0.29) is 11.9 Å². The molecule has 1 amide bonds.